The topological polar surface area (TPSA) is 29.3 Å². The zero-order valence-electron chi connectivity index (χ0n) is 9.27. The maximum Gasteiger partial charge on any atom is 0.0314 e. The highest BCUT2D eigenvalue weighted by Crippen LogP contribution is 2.28. The van der Waals surface area contributed by atoms with E-state index in [9.17, 15) is 0 Å². The number of nitrogen functional groups attached to an aromatic ring is 1. The standard InChI is InChI=1S/C11H18N2S2/c1-3-4-9-14-13(2)15-11-7-5-10(12)6-8-11/h5-8H,3-4,9,12H2,1-2H3. The number of unbranched alkanes of at least 4 members (excludes halogenated alkanes) is 1. The largest absolute Gasteiger partial charge is 0.399 e. The Morgan fingerprint density at radius 1 is 1.27 bits per heavy atom. The lowest BCUT2D eigenvalue weighted by atomic mass is 10.3. The molecule has 2 N–H and O–H groups in total. The van der Waals surface area contributed by atoms with Crippen molar-refractivity contribution in [3.05, 3.63) is 24.3 Å². The lowest BCUT2D eigenvalue weighted by molar-refractivity contribution is 0.873. The third-order valence-corrected chi connectivity index (χ3v) is 4.00. The van der Waals surface area contributed by atoms with Crippen LogP contribution in [-0.4, -0.2) is 16.5 Å². The van der Waals surface area contributed by atoms with Gasteiger partial charge in [-0.05, 0) is 42.6 Å². The maximum absolute atomic E-state index is 5.63. The molecular weight excluding hydrogens is 224 g/mol. The van der Waals surface area contributed by atoms with Gasteiger partial charge in [-0.3, -0.25) is 0 Å². The van der Waals surface area contributed by atoms with E-state index in [0.29, 0.717) is 0 Å². The molecule has 84 valence electrons. The van der Waals surface area contributed by atoms with E-state index in [1.54, 1.807) is 11.9 Å². The van der Waals surface area contributed by atoms with E-state index in [1.807, 2.05) is 24.1 Å². The Hall–Kier alpha value is -0.320. The molecule has 0 radical (unpaired) electrons. The number of nitrogens with two attached hydrogens (primary N) is 1. The van der Waals surface area contributed by atoms with E-state index < -0.39 is 0 Å². The predicted molar refractivity (Wildman–Crippen MR) is 71.8 cm³/mol. The fraction of sp³-hybridized carbons (Fsp3) is 0.455. The summed E-state index contributed by atoms with van der Waals surface area (Å²) in [5.41, 5.74) is 6.45. The number of nitrogens with zero attached hydrogens (tertiary/aromatic N) is 1. The second kappa shape index (κ2) is 7.04. The van der Waals surface area contributed by atoms with E-state index >= 15 is 0 Å². The van der Waals surface area contributed by atoms with Crippen LogP contribution in [0.2, 0.25) is 0 Å². The summed E-state index contributed by atoms with van der Waals surface area (Å²) in [7, 11) is 2.10. The zero-order chi connectivity index (χ0) is 11.1. The van der Waals surface area contributed by atoms with E-state index in [4.69, 9.17) is 5.73 Å². The number of rotatable bonds is 6. The van der Waals surface area contributed by atoms with Crippen molar-refractivity contribution >= 4 is 29.6 Å². The Labute approximate surface area is 101 Å². The van der Waals surface area contributed by atoms with E-state index in [2.05, 4.69) is 29.8 Å². The quantitative estimate of drug-likeness (QED) is 0.468. The van der Waals surface area contributed by atoms with Gasteiger partial charge in [0.2, 0.25) is 0 Å². The van der Waals surface area contributed by atoms with Gasteiger partial charge in [0, 0.05) is 23.4 Å². The van der Waals surface area contributed by atoms with Crippen LogP contribution in [0.3, 0.4) is 0 Å². The third kappa shape index (κ3) is 5.35. The summed E-state index contributed by atoms with van der Waals surface area (Å²) >= 11 is 3.61. The van der Waals surface area contributed by atoms with Gasteiger partial charge < -0.3 is 5.73 Å². The first-order valence-electron chi connectivity index (χ1n) is 5.12. The Bertz CT molecular complexity index is 274. The molecule has 0 saturated heterocycles. The number of hydrogen-bond acceptors (Lipinski definition) is 4. The van der Waals surface area contributed by atoms with Crippen molar-refractivity contribution < 1.29 is 0 Å². The normalized spacial score (nSPS) is 10.9. The number of hydrogen-bond donors (Lipinski definition) is 1. The minimum Gasteiger partial charge on any atom is -0.399 e. The van der Waals surface area contributed by atoms with Crippen molar-refractivity contribution in [3.8, 4) is 0 Å². The molecule has 0 heterocycles. The van der Waals surface area contributed by atoms with Crippen LogP contribution in [-0.2, 0) is 0 Å². The zero-order valence-corrected chi connectivity index (χ0v) is 10.9. The number of benzene rings is 1. The molecule has 1 aromatic carbocycles. The van der Waals surface area contributed by atoms with Gasteiger partial charge in [0.25, 0.3) is 0 Å². The van der Waals surface area contributed by atoms with Crippen molar-refractivity contribution in [2.75, 3.05) is 18.5 Å². The highest BCUT2D eigenvalue weighted by Gasteiger charge is 2.01. The highest BCUT2D eigenvalue weighted by molar-refractivity contribution is 8.12. The van der Waals surface area contributed by atoms with Crippen LogP contribution < -0.4 is 5.73 Å². The molecule has 0 fully saturated rings. The van der Waals surface area contributed by atoms with Crippen LogP contribution in [0.1, 0.15) is 19.8 Å². The molecule has 0 saturated carbocycles. The molecule has 15 heavy (non-hydrogen) atoms. The lowest BCUT2D eigenvalue weighted by Crippen LogP contribution is -1.98. The van der Waals surface area contributed by atoms with E-state index in [0.717, 1.165) is 5.69 Å². The van der Waals surface area contributed by atoms with Crippen LogP contribution in [0.25, 0.3) is 0 Å². The Morgan fingerprint density at radius 3 is 2.53 bits per heavy atom. The first-order valence-corrected chi connectivity index (χ1v) is 6.84. The molecule has 0 aliphatic carbocycles. The smallest absolute Gasteiger partial charge is 0.0314 e. The molecule has 1 rings (SSSR count). The second-order valence-electron chi connectivity index (χ2n) is 3.29. The molecule has 0 bridgehead atoms. The summed E-state index contributed by atoms with van der Waals surface area (Å²) in [6.07, 6.45) is 2.53. The summed E-state index contributed by atoms with van der Waals surface area (Å²) in [4.78, 5) is 1.23. The molecule has 1 aromatic rings. The SMILES string of the molecule is CCCCSN(C)Sc1ccc(N)cc1. The molecule has 0 aromatic heterocycles. The van der Waals surface area contributed by atoms with E-state index in [1.165, 1.54) is 23.5 Å². The second-order valence-corrected chi connectivity index (χ2v) is 5.93. The van der Waals surface area contributed by atoms with Crippen molar-refractivity contribution in [3.63, 3.8) is 0 Å². The van der Waals surface area contributed by atoms with Gasteiger partial charge in [-0.2, -0.15) is 3.71 Å². The Morgan fingerprint density at radius 2 is 1.93 bits per heavy atom. The minimum absolute atomic E-state index is 0.820. The molecule has 0 aliphatic rings. The highest BCUT2D eigenvalue weighted by atomic mass is 32.2. The minimum atomic E-state index is 0.820. The van der Waals surface area contributed by atoms with Gasteiger partial charge in [0.1, 0.15) is 0 Å². The molecule has 0 unspecified atom stereocenters. The third-order valence-electron chi connectivity index (χ3n) is 1.89. The first kappa shape index (κ1) is 12.7. The van der Waals surface area contributed by atoms with Crippen molar-refractivity contribution in [2.45, 2.75) is 24.7 Å². The predicted octanol–water partition coefficient (Wildman–Crippen LogP) is 3.66. The van der Waals surface area contributed by atoms with Gasteiger partial charge in [-0.15, -0.1) is 0 Å². The van der Waals surface area contributed by atoms with Crippen LogP contribution in [0.15, 0.2) is 29.2 Å². The fourth-order valence-electron chi connectivity index (χ4n) is 1.04. The monoisotopic (exact) mass is 242 g/mol. The van der Waals surface area contributed by atoms with Gasteiger partial charge in [0.05, 0.1) is 0 Å². The summed E-state index contributed by atoms with van der Waals surface area (Å²) in [6, 6.07) is 7.98. The van der Waals surface area contributed by atoms with Crippen LogP contribution in [0, 0.1) is 0 Å². The van der Waals surface area contributed by atoms with Crippen LogP contribution in [0.5, 0.6) is 0 Å². The van der Waals surface area contributed by atoms with Crippen molar-refractivity contribution in [2.24, 2.45) is 0 Å². The first-order chi connectivity index (χ1) is 7.22. The van der Waals surface area contributed by atoms with Gasteiger partial charge in [-0.25, -0.2) is 0 Å². The lowest BCUT2D eigenvalue weighted by Gasteiger charge is -2.13. The molecule has 2 nitrogen and oxygen atoms in total. The molecule has 0 atom stereocenters. The maximum atomic E-state index is 5.63. The molecule has 4 heteroatoms. The van der Waals surface area contributed by atoms with Gasteiger partial charge in [-0.1, -0.05) is 25.3 Å². The van der Waals surface area contributed by atoms with E-state index in [-0.39, 0.29) is 0 Å². The van der Waals surface area contributed by atoms with Crippen LogP contribution in [0.4, 0.5) is 5.69 Å². The van der Waals surface area contributed by atoms with Crippen LogP contribution >= 0.6 is 23.9 Å². The van der Waals surface area contributed by atoms with Gasteiger partial charge in [0.15, 0.2) is 0 Å². The fourth-order valence-corrected chi connectivity index (χ4v) is 2.96. The summed E-state index contributed by atoms with van der Waals surface area (Å²) in [5.74, 6) is 1.19. The molecular formula is C11H18N2S2. The molecule has 0 spiro atoms. The summed E-state index contributed by atoms with van der Waals surface area (Å²) in [5, 5.41) is 0. The van der Waals surface area contributed by atoms with Crippen molar-refractivity contribution in [1.29, 1.82) is 0 Å². The van der Waals surface area contributed by atoms with Gasteiger partial charge >= 0.3 is 0 Å². The average molecular weight is 242 g/mol. The van der Waals surface area contributed by atoms with Crippen molar-refractivity contribution in [1.82, 2.24) is 3.71 Å². The average Bonchev–Trinajstić information content (AvgIpc) is 2.22. The molecule has 0 aliphatic heterocycles. The Balaban J connectivity index is 2.31. The number of anilines is 1. The molecule has 0 amide bonds. The summed E-state index contributed by atoms with van der Waals surface area (Å²) in [6.45, 7) is 2.22. The summed E-state index contributed by atoms with van der Waals surface area (Å²) < 4.78 is 2.20. The Kier molecular flexibility index (Phi) is 5.98.